The quantitative estimate of drug-likeness (QED) is 0.465. The van der Waals surface area contributed by atoms with Crippen LogP contribution in [-0.2, 0) is 4.74 Å². The number of ether oxygens (including phenoxy) is 1. The normalized spacial score (nSPS) is 36.8. The van der Waals surface area contributed by atoms with E-state index in [4.69, 9.17) is 4.74 Å². The molecule has 6 atom stereocenters. The Morgan fingerprint density at radius 2 is 1.73 bits per heavy atom. The van der Waals surface area contributed by atoms with Crippen molar-refractivity contribution in [2.45, 2.75) is 101 Å². The predicted octanol–water partition coefficient (Wildman–Crippen LogP) is 3.30. The third kappa shape index (κ3) is 6.86. The number of piperidine rings is 1. The summed E-state index contributed by atoms with van der Waals surface area (Å²) in [7, 11) is 0. The fraction of sp³-hybridized carbons (Fsp3) is 1.00. The number of likely N-dealkylation sites (tertiary alicyclic amines) is 1. The number of alkyl halides is 1. The molecule has 30 heavy (non-hydrogen) atoms. The van der Waals surface area contributed by atoms with Crippen molar-refractivity contribution < 1.29 is 24.4 Å². The molecule has 0 bridgehead atoms. The van der Waals surface area contributed by atoms with E-state index in [1.165, 1.54) is 32.1 Å². The molecule has 5 nitrogen and oxygen atoms in total. The lowest BCUT2D eigenvalue weighted by atomic mass is 9.70. The molecule has 3 fully saturated rings. The van der Waals surface area contributed by atoms with Gasteiger partial charge in [0, 0.05) is 19.8 Å². The molecule has 1 heterocycles. The Balaban J connectivity index is 1.22. The zero-order valence-corrected chi connectivity index (χ0v) is 18.6. The van der Waals surface area contributed by atoms with Crippen LogP contribution >= 0.6 is 0 Å². The van der Waals surface area contributed by atoms with Crippen LogP contribution < -0.4 is 0 Å². The van der Waals surface area contributed by atoms with Crippen LogP contribution in [-0.4, -0.2) is 77.6 Å². The maximum atomic E-state index is 14.7. The molecule has 3 unspecified atom stereocenters. The molecule has 1 saturated heterocycles. The first-order valence-electron chi connectivity index (χ1n) is 12.5. The van der Waals surface area contributed by atoms with Crippen LogP contribution in [0.15, 0.2) is 0 Å². The molecule has 0 aromatic rings. The fourth-order valence-electron chi connectivity index (χ4n) is 6.02. The molecule has 0 amide bonds. The SMILES string of the molecule is OC[C@@H]1[C@H](O)[C@H](O)CCN1CCCCCOCC1CCC(C2CCCCC2)C(F)C1. The van der Waals surface area contributed by atoms with Gasteiger partial charge in [0.2, 0.25) is 0 Å². The molecule has 0 aromatic heterocycles. The highest BCUT2D eigenvalue weighted by molar-refractivity contribution is 4.89. The van der Waals surface area contributed by atoms with Crippen LogP contribution in [0.1, 0.15) is 77.0 Å². The highest BCUT2D eigenvalue weighted by Crippen LogP contribution is 2.41. The molecule has 6 heteroatoms. The van der Waals surface area contributed by atoms with Crippen molar-refractivity contribution in [3.63, 3.8) is 0 Å². The van der Waals surface area contributed by atoms with E-state index >= 15 is 0 Å². The maximum absolute atomic E-state index is 14.7. The highest BCUT2D eigenvalue weighted by Gasteiger charge is 2.36. The van der Waals surface area contributed by atoms with Crippen LogP contribution in [0.25, 0.3) is 0 Å². The summed E-state index contributed by atoms with van der Waals surface area (Å²) in [5, 5.41) is 29.3. The first-order chi connectivity index (χ1) is 14.6. The second-order valence-corrected chi connectivity index (χ2v) is 10.0. The van der Waals surface area contributed by atoms with Crippen LogP contribution in [0.4, 0.5) is 4.39 Å². The maximum Gasteiger partial charge on any atom is 0.104 e. The van der Waals surface area contributed by atoms with Crippen molar-refractivity contribution in [3.05, 3.63) is 0 Å². The van der Waals surface area contributed by atoms with Gasteiger partial charge in [-0.1, -0.05) is 32.1 Å². The number of halogens is 1. The number of aliphatic hydroxyl groups is 3. The van der Waals surface area contributed by atoms with Crippen LogP contribution in [0.2, 0.25) is 0 Å². The third-order valence-corrected chi connectivity index (χ3v) is 7.93. The summed E-state index contributed by atoms with van der Waals surface area (Å²) >= 11 is 0. The number of rotatable bonds is 10. The number of hydrogen-bond acceptors (Lipinski definition) is 5. The molecule has 0 radical (unpaired) electrons. The lowest BCUT2D eigenvalue weighted by molar-refractivity contribution is -0.0897. The monoisotopic (exact) mass is 429 g/mol. The van der Waals surface area contributed by atoms with Crippen LogP contribution in [0, 0.1) is 17.8 Å². The van der Waals surface area contributed by atoms with E-state index in [1.54, 1.807) is 0 Å². The Kier molecular flexibility index (Phi) is 10.3. The average Bonchev–Trinajstić information content (AvgIpc) is 2.76. The van der Waals surface area contributed by atoms with Crippen molar-refractivity contribution in [3.8, 4) is 0 Å². The molecule has 3 N–H and O–H groups in total. The zero-order valence-electron chi connectivity index (χ0n) is 18.6. The van der Waals surface area contributed by atoms with Gasteiger partial charge in [-0.2, -0.15) is 0 Å². The Labute approximate surface area is 182 Å². The Hall–Kier alpha value is -0.270. The Morgan fingerprint density at radius 1 is 0.933 bits per heavy atom. The minimum Gasteiger partial charge on any atom is -0.395 e. The molecule has 0 aromatic carbocycles. The van der Waals surface area contributed by atoms with Crippen molar-refractivity contribution in [2.24, 2.45) is 17.8 Å². The van der Waals surface area contributed by atoms with E-state index in [0.717, 1.165) is 45.3 Å². The van der Waals surface area contributed by atoms with Crippen LogP contribution in [0.3, 0.4) is 0 Å². The van der Waals surface area contributed by atoms with E-state index in [9.17, 15) is 19.7 Å². The van der Waals surface area contributed by atoms with Crippen molar-refractivity contribution in [2.75, 3.05) is 32.9 Å². The van der Waals surface area contributed by atoms with E-state index in [1.807, 2.05) is 0 Å². The lowest BCUT2D eigenvalue weighted by Gasteiger charge is -2.40. The highest BCUT2D eigenvalue weighted by atomic mass is 19.1. The summed E-state index contributed by atoms with van der Waals surface area (Å²) in [6.07, 6.45) is 10.6. The van der Waals surface area contributed by atoms with E-state index in [0.29, 0.717) is 43.7 Å². The number of hydrogen-bond donors (Lipinski definition) is 3. The summed E-state index contributed by atoms with van der Waals surface area (Å²) < 4.78 is 20.6. The molecule has 0 spiro atoms. The second kappa shape index (κ2) is 12.7. The van der Waals surface area contributed by atoms with E-state index in [-0.39, 0.29) is 12.6 Å². The second-order valence-electron chi connectivity index (χ2n) is 10.0. The smallest absolute Gasteiger partial charge is 0.104 e. The van der Waals surface area contributed by atoms with E-state index in [2.05, 4.69) is 4.90 Å². The third-order valence-electron chi connectivity index (χ3n) is 7.93. The van der Waals surface area contributed by atoms with E-state index < -0.39 is 18.4 Å². The minimum absolute atomic E-state index is 0.125. The van der Waals surface area contributed by atoms with Crippen molar-refractivity contribution in [1.82, 2.24) is 4.90 Å². The molecule has 3 rings (SSSR count). The van der Waals surface area contributed by atoms with Gasteiger partial charge in [-0.3, -0.25) is 4.90 Å². The summed E-state index contributed by atoms with van der Waals surface area (Å²) in [6.45, 7) is 2.84. The fourth-order valence-corrected chi connectivity index (χ4v) is 6.02. The van der Waals surface area contributed by atoms with Gasteiger partial charge >= 0.3 is 0 Å². The first kappa shape index (κ1) is 24.4. The summed E-state index contributed by atoms with van der Waals surface area (Å²) in [5.74, 6) is 1.32. The number of nitrogens with zero attached hydrogens (tertiary/aromatic N) is 1. The number of unbranched alkanes of at least 4 members (excludes halogenated alkanes) is 2. The molecule has 1 aliphatic heterocycles. The van der Waals surface area contributed by atoms with Gasteiger partial charge in [-0.25, -0.2) is 4.39 Å². The van der Waals surface area contributed by atoms with Crippen molar-refractivity contribution >= 4 is 0 Å². The Morgan fingerprint density at radius 3 is 2.47 bits per heavy atom. The largest absolute Gasteiger partial charge is 0.395 e. The average molecular weight is 430 g/mol. The van der Waals surface area contributed by atoms with Gasteiger partial charge < -0.3 is 20.1 Å². The molecule has 3 aliphatic rings. The Bertz CT molecular complexity index is 476. The zero-order chi connectivity index (χ0) is 21.3. The van der Waals surface area contributed by atoms with Gasteiger partial charge in [0.15, 0.2) is 0 Å². The molecule has 2 aliphatic carbocycles. The van der Waals surface area contributed by atoms with Gasteiger partial charge in [0.05, 0.1) is 24.9 Å². The van der Waals surface area contributed by atoms with Gasteiger partial charge in [-0.15, -0.1) is 0 Å². The lowest BCUT2D eigenvalue weighted by Crippen LogP contribution is -2.56. The first-order valence-corrected chi connectivity index (χ1v) is 12.5. The van der Waals surface area contributed by atoms with Gasteiger partial charge in [0.1, 0.15) is 6.17 Å². The molecule has 2 saturated carbocycles. The van der Waals surface area contributed by atoms with Crippen LogP contribution in [0.5, 0.6) is 0 Å². The summed E-state index contributed by atoms with van der Waals surface area (Å²) in [6, 6.07) is -0.359. The van der Waals surface area contributed by atoms with Gasteiger partial charge in [-0.05, 0) is 69.2 Å². The number of aliphatic hydroxyl groups excluding tert-OH is 3. The molecular formula is C24H44FNO4. The summed E-state index contributed by atoms with van der Waals surface area (Å²) in [4.78, 5) is 2.09. The summed E-state index contributed by atoms with van der Waals surface area (Å²) in [5.41, 5.74) is 0. The predicted molar refractivity (Wildman–Crippen MR) is 116 cm³/mol. The topological polar surface area (TPSA) is 73.2 Å². The molecular weight excluding hydrogens is 385 g/mol. The minimum atomic E-state index is -0.861. The van der Waals surface area contributed by atoms with Crippen molar-refractivity contribution in [1.29, 1.82) is 0 Å². The molecule has 176 valence electrons. The van der Waals surface area contributed by atoms with Gasteiger partial charge in [0.25, 0.3) is 0 Å². The standard InChI is InChI=1S/C24H44FNO4/c25-21-15-18(9-10-20(21)19-7-3-1-4-8-19)17-30-14-6-2-5-12-26-13-11-23(28)24(29)22(26)16-27/h18-24,27-29H,1-17H2/t18?,20?,21?,22-,23-,24+/m1/s1.